The SMILES string of the molecule is CC1(C)CNCCC1NS(=O)(=O)c1ccc(Cl)cc1[N+](=O)[O-]. The predicted molar refractivity (Wildman–Crippen MR) is 83.5 cm³/mol. The van der Waals surface area contributed by atoms with E-state index in [0.717, 1.165) is 12.1 Å². The molecule has 0 aliphatic carbocycles. The van der Waals surface area contributed by atoms with E-state index in [9.17, 15) is 18.5 Å². The van der Waals surface area contributed by atoms with Crippen LogP contribution in [0, 0.1) is 15.5 Å². The largest absolute Gasteiger partial charge is 0.316 e. The number of benzene rings is 1. The van der Waals surface area contributed by atoms with Gasteiger partial charge in [-0.2, -0.15) is 0 Å². The molecule has 0 amide bonds. The number of nitro groups is 1. The van der Waals surface area contributed by atoms with Crippen molar-refractivity contribution < 1.29 is 13.3 Å². The maximum atomic E-state index is 12.5. The van der Waals surface area contributed by atoms with E-state index in [4.69, 9.17) is 11.6 Å². The number of nitrogens with zero attached hydrogens (tertiary/aromatic N) is 1. The fraction of sp³-hybridized carbons (Fsp3) is 0.538. The van der Waals surface area contributed by atoms with E-state index in [2.05, 4.69) is 10.0 Å². The summed E-state index contributed by atoms with van der Waals surface area (Å²) in [6.07, 6.45) is 0.619. The Morgan fingerprint density at radius 1 is 1.45 bits per heavy atom. The summed E-state index contributed by atoms with van der Waals surface area (Å²) in [5.41, 5.74) is -0.807. The lowest BCUT2D eigenvalue weighted by molar-refractivity contribution is -0.387. The molecule has 2 rings (SSSR count). The van der Waals surface area contributed by atoms with Crippen molar-refractivity contribution >= 4 is 27.3 Å². The Bertz CT molecular complexity index is 691. The lowest BCUT2D eigenvalue weighted by Gasteiger charge is -2.39. The third-order valence-corrected chi connectivity index (χ3v) is 5.59. The molecule has 1 atom stereocenters. The number of piperidine rings is 1. The summed E-state index contributed by atoms with van der Waals surface area (Å²) in [5.74, 6) is 0. The first-order valence-electron chi connectivity index (χ1n) is 6.80. The van der Waals surface area contributed by atoms with Crippen molar-refractivity contribution in [3.8, 4) is 0 Å². The molecule has 1 aromatic rings. The number of rotatable bonds is 4. The highest BCUT2D eigenvalue weighted by Gasteiger charge is 2.37. The Balaban J connectivity index is 2.37. The van der Waals surface area contributed by atoms with Crippen LogP contribution in [0.3, 0.4) is 0 Å². The zero-order chi connectivity index (χ0) is 16.5. The van der Waals surface area contributed by atoms with Crippen molar-refractivity contribution in [2.24, 2.45) is 5.41 Å². The molecule has 122 valence electrons. The molecule has 1 heterocycles. The molecule has 0 aromatic heterocycles. The Morgan fingerprint density at radius 2 is 2.14 bits per heavy atom. The van der Waals surface area contributed by atoms with Crippen LogP contribution < -0.4 is 10.0 Å². The van der Waals surface area contributed by atoms with Crippen molar-refractivity contribution in [1.29, 1.82) is 0 Å². The molecule has 1 aliphatic rings. The monoisotopic (exact) mass is 347 g/mol. The number of hydrogen-bond donors (Lipinski definition) is 2. The summed E-state index contributed by atoms with van der Waals surface area (Å²) in [7, 11) is -4.00. The van der Waals surface area contributed by atoms with Gasteiger partial charge in [-0.3, -0.25) is 10.1 Å². The van der Waals surface area contributed by atoms with Gasteiger partial charge in [-0.25, -0.2) is 13.1 Å². The fourth-order valence-corrected chi connectivity index (χ4v) is 4.26. The van der Waals surface area contributed by atoms with Crippen LogP contribution in [0.2, 0.25) is 5.02 Å². The van der Waals surface area contributed by atoms with Gasteiger partial charge in [0.1, 0.15) is 0 Å². The van der Waals surface area contributed by atoms with Gasteiger partial charge in [0, 0.05) is 23.7 Å². The minimum atomic E-state index is -4.00. The van der Waals surface area contributed by atoms with Gasteiger partial charge in [0.2, 0.25) is 10.0 Å². The van der Waals surface area contributed by atoms with E-state index >= 15 is 0 Å². The van der Waals surface area contributed by atoms with E-state index < -0.39 is 20.6 Å². The molecule has 2 N–H and O–H groups in total. The van der Waals surface area contributed by atoms with Crippen molar-refractivity contribution in [2.45, 2.75) is 31.2 Å². The smallest absolute Gasteiger partial charge is 0.290 e. The van der Waals surface area contributed by atoms with Crippen LogP contribution in [0.5, 0.6) is 0 Å². The average molecular weight is 348 g/mol. The van der Waals surface area contributed by atoms with Crippen LogP contribution in [-0.2, 0) is 10.0 Å². The van der Waals surface area contributed by atoms with Crippen LogP contribution >= 0.6 is 11.6 Å². The Hall–Kier alpha value is -1.22. The molecule has 1 saturated heterocycles. The Labute approximate surface area is 134 Å². The first kappa shape index (κ1) is 17.1. The zero-order valence-corrected chi connectivity index (χ0v) is 13.9. The second-order valence-electron chi connectivity index (χ2n) is 6.00. The van der Waals surface area contributed by atoms with Gasteiger partial charge in [0.25, 0.3) is 5.69 Å². The topological polar surface area (TPSA) is 101 Å². The maximum Gasteiger partial charge on any atom is 0.290 e. The molecule has 1 fully saturated rings. The molecule has 0 radical (unpaired) electrons. The first-order valence-corrected chi connectivity index (χ1v) is 8.66. The van der Waals surface area contributed by atoms with Gasteiger partial charge in [0.15, 0.2) is 4.90 Å². The maximum absolute atomic E-state index is 12.5. The molecular formula is C13H18ClN3O4S. The van der Waals surface area contributed by atoms with Crippen LogP contribution in [0.4, 0.5) is 5.69 Å². The van der Waals surface area contributed by atoms with E-state index in [-0.39, 0.29) is 21.4 Å². The third-order valence-electron chi connectivity index (χ3n) is 3.84. The summed E-state index contributed by atoms with van der Waals surface area (Å²) in [6, 6.07) is 3.24. The Kier molecular flexibility index (Phi) is 4.76. The Morgan fingerprint density at radius 3 is 2.73 bits per heavy atom. The molecule has 0 bridgehead atoms. The molecule has 1 unspecified atom stereocenters. The highest BCUT2D eigenvalue weighted by Crippen LogP contribution is 2.30. The summed E-state index contributed by atoms with van der Waals surface area (Å²) in [4.78, 5) is 9.98. The number of halogens is 1. The van der Waals surface area contributed by atoms with Gasteiger partial charge >= 0.3 is 0 Å². The van der Waals surface area contributed by atoms with Crippen molar-refractivity contribution in [3.05, 3.63) is 33.3 Å². The van der Waals surface area contributed by atoms with E-state index in [1.165, 1.54) is 6.07 Å². The van der Waals surface area contributed by atoms with Gasteiger partial charge in [0.05, 0.1) is 4.92 Å². The molecule has 1 aliphatic heterocycles. The number of nitro benzene ring substituents is 1. The fourth-order valence-electron chi connectivity index (χ4n) is 2.50. The molecule has 7 nitrogen and oxygen atoms in total. The molecule has 0 spiro atoms. The van der Waals surface area contributed by atoms with Crippen molar-refractivity contribution in [1.82, 2.24) is 10.0 Å². The van der Waals surface area contributed by atoms with Crippen LogP contribution in [-0.4, -0.2) is 32.5 Å². The van der Waals surface area contributed by atoms with Gasteiger partial charge in [-0.15, -0.1) is 0 Å². The highest BCUT2D eigenvalue weighted by atomic mass is 35.5. The minimum Gasteiger partial charge on any atom is -0.316 e. The second kappa shape index (κ2) is 6.11. The molecular weight excluding hydrogens is 330 g/mol. The van der Waals surface area contributed by atoms with E-state index in [1.807, 2.05) is 13.8 Å². The molecule has 0 saturated carbocycles. The van der Waals surface area contributed by atoms with E-state index in [1.54, 1.807) is 0 Å². The molecule has 22 heavy (non-hydrogen) atoms. The van der Waals surface area contributed by atoms with Crippen molar-refractivity contribution in [3.63, 3.8) is 0 Å². The van der Waals surface area contributed by atoms with Gasteiger partial charge in [-0.1, -0.05) is 25.4 Å². The predicted octanol–water partition coefficient (Wildman–Crippen LogP) is 1.91. The standard InChI is InChI=1S/C13H18ClN3O4S/c1-13(2)8-15-6-5-12(13)16-22(20,21)11-4-3-9(14)7-10(11)17(18)19/h3-4,7,12,15-16H,5-6,8H2,1-2H3. The number of sulfonamides is 1. The molecule has 1 aromatic carbocycles. The zero-order valence-electron chi connectivity index (χ0n) is 12.3. The summed E-state index contributed by atoms with van der Waals surface area (Å²) in [5, 5.41) is 14.4. The minimum absolute atomic E-state index is 0.118. The van der Waals surface area contributed by atoms with Crippen LogP contribution in [0.15, 0.2) is 23.1 Å². The van der Waals surface area contributed by atoms with Gasteiger partial charge in [-0.05, 0) is 30.5 Å². The number of nitrogens with one attached hydrogen (secondary N) is 2. The average Bonchev–Trinajstić information content (AvgIpc) is 2.40. The third kappa shape index (κ3) is 3.57. The first-order chi connectivity index (χ1) is 10.1. The lowest BCUT2D eigenvalue weighted by Crippen LogP contribution is -2.54. The molecule has 9 heteroatoms. The van der Waals surface area contributed by atoms with E-state index in [0.29, 0.717) is 19.5 Å². The van der Waals surface area contributed by atoms with Crippen molar-refractivity contribution in [2.75, 3.05) is 13.1 Å². The number of hydrogen-bond acceptors (Lipinski definition) is 5. The highest BCUT2D eigenvalue weighted by molar-refractivity contribution is 7.89. The van der Waals surface area contributed by atoms with Crippen LogP contribution in [0.1, 0.15) is 20.3 Å². The van der Waals surface area contributed by atoms with Gasteiger partial charge < -0.3 is 5.32 Å². The summed E-state index contributed by atoms with van der Waals surface area (Å²) >= 11 is 5.72. The lowest BCUT2D eigenvalue weighted by atomic mass is 9.81. The second-order valence-corrected chi connectivity index (χ2v) is 8.12. The summed E-state index contributed by atoms with van der Waals surface area (Å²) < 4.78 is 27.7. The normalized spacial score (nSPS) is 21.5. The summed E-state index contributed by atoms with van der Waals surface area (Å²) in [6.45, 7) is 5.26. The van der Waals surface area contributed by atoms with Crippen LogP contribution in [0.25, 0.3) is 0 Å². The quantitative estimate of drug-likeness (QED) is 0.640.